The first-order chi connectivity index (χ1) is 8.93. The fourth-order valence-electron chi connectivity index (χ4n) is 3.18. The Labute approximate surface area is 107 Å². The van der Waals surface area contributed by atoms with Crippen LogP contribution < -0.4 is 0 Å². The van der Waals surface area contributed by atoms with Gasteiger partial charge in [0.1, 0.15) is 0 Å². The molecule has 2 aromatic rings. The first-order valence-electron chi connectivity index (χ1n) is 6.48. The minimum Gasteiger partial charge on any atom is -0.0755 e. The van der Waals surface area contributed by atoms with Crippen LogP contribution in [0.15, 0.2) is 60.7 Å². The molecule has 86 valence electrons. The van der Waals surface area contributed by atoms with Crippen molar-refractivity contribution in [1.82, 2.24) is 0 Å². The van der Waals surface area contributed by atoms with Crippen molar-refractivity contribution >= 4 is 12.2 Å². The third-order valence-corrected chi connectivity index (χ3v) is 4.06. The van der Waals surface area contributed by atoms with Gasteiger partial charge in [0.05, 0.1) is 0 Å². The molecule has 0 heteroatoms. The van der Waals surface area contributed by atoms with Crippen molar-refractivity contribution in [2.45, 2.75) is 11.8 Å². The summed E-state index contributed by atoms with van der Waals surface area (Å²) in [6, 6.07) is 17.4. The van der Waals surface area contributed by atoms with Gasteiger partial charge in [-0.1, -0.05) is 72.8 Å². The molecule has 2 aliphatic rings. The molecule has 2 atom stereocenters. The maximum absolute atomic E-state index is 2.36. The summed E-state index contributed by atoms with van der Waals surface area (Å²) in [6.07, 6.45) is 9.25. The molecule has 0 aliphatic heterocycles. The molecule has 4 rings (SSSR count). The van der Waals surface area contributed by atoms with Crippen LogP contribution in [0.4, 0.5) is 0 Å². The molecule has 0 unspecified atom stereocenters. The fourth-order valence-corrected chi connectivity index (χ4v) is 3.18. The van der Waals surface area contributed by atoms with Crippen LogP contribution >= 0.6 is 0 Å². The van der Waals surface area contributed by atoms with E-state index in [9.17, 15) is 0 Å². The molecule has 0 radical (unpaired) electrons. The molecule has 0 nitrogen and oxygen atoms in total. The van der Waals surface area contributed by atoms with Gasteiger partial charge < -0.3 is 0 Å². The number of fused-ring (bicyclic) bond motifs is 5. The lowest BCUT2D eigenvalue weighted by Gasteiger charge is -2.32. The zero-order valence-electron chi connectivity index (χ0n) is 10.1. The fraction of sp³-hybridized carbons (Fsp3) is 0.111. The van der Waals surface area contributed by atoms with Gasteiger partial charge in [0, 0.05) is 11.8 Å². The molecule has 0 saturated carbocycles. The van der Waals surface area contributed by atoms with Gasteiger partial charge in [0.15, 0.2) is 0 Å². The van der Waals surface area contributed by atoms with Crippen molar-refractivity contribution < 1.29 is 0 Å². The van der Waals surface area contributed by atoms with Gasteiger partial charge in [0.2, 0.25) is 0 Å². The van der Waals surface area contributed by atoms with Crippen molar-refractivity contribution in [3.05, 3.63) is 82.9 Å². The Morgan fingerprint density at radius 1 is 0.556 bits per heavy atom. The average Bonchev–Trinajstić information content (AvgIpc) is 2.46. The van der Waals surface area contributed by atoms with Gasteiger partial charge in [-0.05, 0) is 22.3 Å². The molecule has 2 aliphatic carbocycles. The van der Waals surface area contributed by atoms with E-state index in [2.05, 4.69) is 72.8 Å². The normalized spacial score (nSPS) is 23.1. The van der Waals surface area contributed by atoms with Crippen molar-refractivity contribution in [3.8, 4) is 0 Å². The number of hydrogen-bond acceptors (Lipinski definition) is 0. The Morgan fingerprint density at radius 2 is 1.00 bits per heavy atom. The summed E-state index contributed by atoms with van der Waals surface area (Å²) in [4.78, 5) is 0. The zero-order valence-corrected chi connectivity index (χ0v) is 10.1. The quantitative estimate of drug-likeness (QED) is 0.620. The van der Waals surface area contributed by atoms with Crippen LogP contribution in [0.25, 0.3) is 12.2 Å². The van der Waals surface area contributed by atoms with Gasteiger partial charge in [-0.25, -0.2) is 0 Å². The summed E-state index contributed by atoms with van der Waals surface area (Å²) < 4.78 is 0. The molecule has 0 N–H and O–H groups in total. The second-order valence-corrected chi connectivity index (χ2v) is 5.03. The summed E-state index contributed by atoms with van der Waals surface area (Å²) >= 11 is 0. The lowest BCUT2D eigenvalue weighted by atomic mass is 9.72. The van der Waals surface area contributed by atoms with E-state index in [4.69, 9.17) is 0 Å². The van der Waals surface area contributed by atoms with Crippen molar-refractivity contribution in [2.75, 3.05) is 0 Å². The largest absolute Gasteiger partial charge is 0.0755 e. The predicted octanol–water partition coefficient (Wildman–Crippen LogP) is 4.61. The lowest BCUT2D eigenvalue weighted by molar-refractivity contribution is 0.722. The van der Waals surface area contributed by atoms with E-state index in [-0.39, 0.29) is 0 Å². The van der Waals surface area contributed by atoms with E-state index in [0.717, 1.165) is 0 Å². The highest BCUT2D eigenvalue weighted by Crippen LogP contribution is 2.45. The predicted molar refractivity (Wildman–Crippen MR) is 76.4 cm³/mol. The van der Waals surface area contributed by atoms with Crippen LogP contribution in [-0.4, -0.2) is 0 Å². The highest BCUT2D eigenvalue weighted by atomic mass is 14.3. The van der Waals surface area contributed by atoms with Crippen LogP contribution in [0, 0.1) is 0 Å². The molecule has 0 aromatic heterocycles. The van der Waals surface area contributed by atoms with E-state index in [0.29, 0.717) is 11.8 Å². The van der Waals surface area contributed by atoms with E-state index in [1.807, 2.05) is 0 Å². The SMILES string of the molecule is C1=C[C@H]2c3ccccc3C=C[C@H]2c2ccccc21. The Hall–Kier alpha value is -2.08. The van der Waals surface area contributed by atoms with Gasteiger partial charge in [-0.15, -0.1) is 0 Å². The Balaban J connectivity index is 1.91. The summed E-state index contributed by atoms with van der Waals surface area (Å²) in [7, 11) is 0. The molecule has 18 heavy (non-hydrogen) atoms. The smallest absolute Gasteiger partial charge is 0.0131 e. The minimum absolute atomic E-state index is 0.501. The molecular weight excluding hydrogens is 216 g/mol. The molecule has 0 fully saturated rings. The van der Waals surface area contributed by atoms with Gasteiger partial charge in [0.25, 0.3) is 0 Å². The molecule has 0 heterocycles. The second kappa shape index (κ2) is 3.71. The summed E-state index contributed by atoms with van der Waals surface area (Å²) in [5.74, 6) is 1.00. The molecule has 0 spiro atoms. The van der Waals surface area contributed by atoms with E-state index in [1.54, 1.807) is 0 Å². The van der Waals surface area contributed by atoms with Crippen LogP contribution in [0.3, 0.4) is 0 Å². The number of benzene rings is 2. The summed E-state index contributed by atoms with van der Waals surface area (Å²) in [5.41, 5.74) is 5.64. The van der Waals surface area contributed by atoms with E-state index < -0.39 is 0 Å². The van der Waals surface area contributed by atoms with Gasteiger partial charge in [-0.3, -0.25) is 0 Å². The molecule has 2 aromatic carbocycles. The number of allylic oxidation sites excluding steroid dienone is 2. The monoisotopic (exact) mass is 230 g/mol. The van der Waals surface area contributed by atoms with Crippen LogP contribution in [-0.2, 0) is 0 Å². The van der Waals surface area contributed by atoms with Crippen molar-refractivity contribution in [2.24, 2.45) is 0 Å². The zero-order chi connectivity index (χ0) is 11.9. The first-order valence-corrected chi connectivity index (χ1v) is 6.48. The maximum Gasteiger partial charge on any atom is 0.0131 e. The van der Waals surface area contributed by atoms with Crippen molar-refractivity contribution in [1.29, 1.82) is 0 Å². The third kappa shape index (κ3) is 1.32. The van der Waals surface area contributed by atoms with Gasteiger partial charge in [-0.2, -0.15) is 0 Å². The van der Waals surface area contributed by atoms with E-state index >= 15 is 0 Å². The van der Waals surface area contributed by atoms with Gasteiger partial charge >= 0.3 is 0 Å². The van der Waals surface area contributed by atoms with Crippen LogP contribution in [0.2, 0.25) is 0 Å². The Kier molecular flexibility index (Phi) is 2.04. The maximum atomic E-state index is 2.36. The highest BCUT2D eigenvalue weighted by molar-refractivity contribution is 5.68. The average molecular weight is 230 g/mol. The number of rotatable bonds is 0. The lowest BCUT2D eigenvalue weighted by Crippen LogP contribution is -2.15. The number of hydrogen-bond donors (Lipinski definition) is 0. The van der Waals surface area contributed by atoms with Crippen molar-refractivity contribution in [3.63, 3.8) is 0 Å². The summed E-state index contributed by atoms with van der Waals surface area (Å²) in [6.45, 7) is 0. The third-order valence-electron chi connectivity index (χ3n) is 4.06. The molecule has 0 bridgehead atoms. The molecular formula is C18H14. The topological polar surface area (TPSA) is 0 Å². The minimum atomic E-state index is 0.501. The molecule has 0 amide bonds. The molecule has 0 saturated heterocycles. The van der Waals surface area contributed by atoms with Crippen LogP contribution in [0.5, 0.6) is 0 Å². The Morgan fingerprint density at radius 3 is 1.50 bits per heavy atom. The van der Waals surface area contributed by atoms with Crippen LogP contribution in [0.1, 0.15) is 34.1 Å². The summed E-state index contributed by atoms with van der Waals surface area (Å²) in [5, 5.41) is 0. The highest BCUT2D eigenvalue weighted by Gasteiger charge is 2.28. The standard InChI is InChI=1S/C18H14/c1-3-7-15-13(5-1)9-11-18-16-8-4-2-6-14(16)10-12-17(15)18/h1-12,17-18H/t17-,18-/m0/s1. The Bertz CT molecular complexity index is 602. The second-order valence-electron chi connectivity index (χ2n) is 5.03. The first kappa shape index (κ1) is 9.90. The van der Waals surface area contributed by atoms with E-state index in [1.165, 1.54) is 22.3 Å².